The molecule has 0 saturated heterocycles. The second-order valence-corrected chi connectivity index (χ2v) is 8.72. The van der Waals surface area contributed by atoms with Crippen molar-refractivity contribution < 1.29 is 18.8 Å². The fourth-order valence-electron chi connectivity index (χ4n) is 1.25. The number of rotatable bonds is 3. The number of hydrogen-bond donors (Lipinski definition) is 1. The summed E-state index contributed by atoms with van der Waals surface area (Å²) in [5.74, 6) is 0.219. The lowest BCUT2D eigenvalue weighted by molar-refractivity contribution is 0.0634. The lowest BCUT2D eigenvalue weighted by Crippen LogP contribution is -2.28. The molecule has 20 heavy (non-hydrogen) atoms. The van der Waals surface area contributed by atoms with Crippen molar-refractivity contribution >= 4 is 24.5 Å². The molecule has 1 N–H and O–H groups in total. The number of ether oxygens (including phenoxy) is 2. The van der Waals surface area contributed by atoms with Crippen LogP contribution in [0.4, 0.5) is 10.6 Å². The molecular formula is C12H20N3O4P. The minimum absolute atomic E-state index is 0.0947. The monoisotopic (exact) mass is 301 g/mol. The lowest BCUT2D eigenvalue weighted by Gasteiger charge is -2.19. The first-order valence-corrected chi connectivity index (χ1v) is 8.59. The van der Waals surface area contributed by atoms with Crippen LogP contribution in [0.5, 0.6) is 5.88 Å². The van der Waals surface area contributed by atoms with Crippen LogP contribution in [-0.2, 0) is 9.30 Å². The minimum Gasteiger partial charge on any atom is -0.478 e. The molecule has 1 amide bonds. The predicted molar refractivity (Wildman–Crippen MR) is 77.5 cm³/mol. The molecule has 8 heteroatoms. The van der Waals surface area contributed by atoms with Crippen LogP contribution < -0.4 is 15.5 Å². The van der Waals surface area contributed by atoms with E-state index in [1.165, 1.54) is 13.3 Å². The SMILES string of the molecule is COc1nc(P(C)(C)=O)cnc1NC(=O)OC(C)(C)C. The quantitative estimate of drug-likeness (QED) is 0.860. The first kappa shape index (κ1) is 16.4. The summed E-state index contributed by atoms with van der Waals surface area (Å²) in [5.41, 5.74) is -0.281. The van der Waals surface area contributed by atoms with Crippen molar-refractivity contribution in [3.05, 3.63) is 6.20 Å². The Morgan fingerprint density at radius 3 is 2.40 bits per heavy atom. The van der Waals surface area contributed by atoms with Crippen LogP contribution in [0.1, 0.15) is 20.8 Å². The largest absolute Gasteiger partial charge is 0.478 e. The Kier molecular flexibility index (Phi) is 4.76. The maximum atomic E-state index is 11.9. The number of methoxy groups -OCH3 is 1. The van der Waals surface area contributed by atoms with Crippen molar-refractivity contribution in [3.8, 4) is 5.88 Å². The van der Waals surface area contributed by atoms with Gasteiger partial charge in [0.15, 0.2) is 5.82 Å². The van der Waals surface area contributed by atoms with Gasteiger partial charge in [0.25, 0.3) is 5.88 Å². The van der Waals surface area contributed by atoms with Crippen LogP contribution in [0.3, 0.4) is 0 Å². The topological polar surface area (TPSA) is 90.4 Å². The smallest absolute Gasteiger partial charge is 0.413 e. The zero-order valence-corrected chi connectivity index (χ0v) is 13.4. The fourth-order valence-corrected chi connectivity index (χ4v) is 1.92. The Labute approximate surface area is 118 Å². The third kappa shape index (κ3) is 4.81. The van der Waals surface area contributed by atoms with E-state index in [4.69, 9.17) is 9.47 Å². The molecule has 0 aliphatic heterocycles. The average molecular weight is 301 g/mol. The van der Waals surface area contributed by atoms with Crippen LogP contribution in [0.25, 0.3) is 0 Å². The summed E-state index contributed by atoms with van der Waals surface area (Å²) in [4.78, 5) is 19.8. The molecule has 0 aromatic carbocycles. The molecule has 0 fully saturated rings. The number of hydrogen-bond acceptors (Lipinski definition) is 6. The molecule has 0 radical (unpaired) electrons. The van der Waals surface area contributed by atoms with E-state index in [-0.39, 0.29) is 11.7 Å². The summed E-state index contributed by atoms with van der Waals surface area (Å²) in [6.45, 7) is 8.42. The highest BCUT2D eigenvalue weighted by atomic mass is 31.2. The molecule has 1 aromatic heterocycles. The lowest BCUT2D eigenvalue weighted by atomic mass is 10.2. The second-order valence-electron chi connectivity index (χ2n) is 5.56. The molecule has 0 unspecified atom stereocenters. The number of nitrogens with one attached hydrogen (secondary N) is 1. The molecule has 1 rings (SSSR count). The van der Waals surface area contributed by atoms with Crippen molar-refractivity contribution in [2.45, 2.75) is 26.4 Å². The molecule has 1 heterocycles. The molecule has 0 aliphatic rings. The van der Waals surface area contributed by atoms with E-state index in [0.717, 1.165) is 0 Å². The van der Waals surface area contributed by atoms with E-state index in [0.29, 0.717) is 5.44 Å². The predicted octanol–water partition coefficient (Wildman–Crippen LogP) is 2.08. The summed E-state index contributed by atoms with van der Waals surface area (Å²) in [5, 5.41) is 2.45. The Morgan fingerprint density at radius 1 is 1.35 bits per heavy atom. The van der Waals surface area contributed by atoms with Crippen LogP contribution >= 0.6 is 7.14 Å². The van der Waals surface area contributed by atoms with E-state index in [9.17, 15) is 9.36 Å². The Hall–Kier alpha value is -1.62. The molecule has 0 spiro atoms. The fraction of sp³-hybridized carbons (Fsp3) is 0.583. The third-order valence-electron chi connectivity index (χ3n) is 2.09. The molecule has 0 bridgehead atoms. The standard InChI is InChI=1S/C12H20N3O4P/c1-12(2,3)19-11(16)15-9-10(18-4)14-8(7-13-9)20(5,6)17/h7H,1-6H3,(H,13,15,16). The second kappa shape index (κ2) is 5.79. The van der Waals surface area contributed by atoms with Crippen LogP contribution in [0.2, 0.25) is 0 Å². The number of aromatic nitrogens is 2. The van der Waals surface area contributed by atoms with Crippen molar-refractivity contribution in [3.63, 3.8) is 0 Å². The molecule has 0 atom stereocenters. The Morgan fingerprint density at radius 2 is 1.95 bits per heavy atom. The molecule has 0 aliphatic carbocycles. The normalized spacial score (nSPS) is 11.9. The molecule has 0 saturated carbocycles. The molecule has 7 nitrogen and oxygen atoms in total. The molecule has 112 valence electrons. The van der Waals surface area contributed by atoms with Gasteiger partial charge in [0, 0.05) is 0 Å². The summed E-state index contributed by atoms with van der Waals surface area (Å²) >= 11 is 0. The van der Waals surface area contributed by atoms with Gasteiger partial charge in [0.1, 0.15) is 18.2 Å². The maximum absolute atomic E-state index is 11.9. The zero-order valence-electron chi connectivity index (χ0n) is 12.6. The molecular weight excluding hydrogens is 281 g/mol. The van der Waals surface area contributed by atoms with Crippen LogP contribution in [0, 0.1) is 0 Å². The van der Waals surface area contributed by atoms with Gasteiger partial charge >= 0.3 is 6.09 Å². The highest BCUT2D eigenvalue weighted by Crippen LogP contribution is 2.34. The van der Waals surface area contributed by atoms with Crippen molar-refractivity contribution in [1.29, 1.82) is 0 Å². The van der Waals surface area contributed by atoms with E-state index in [1.54, 1.807) is 34.1 Å². The number of anilines is 1. The summed E-state index contributed by atoms with van der Waals surface area (Å²) in [7, 11) is -1.15. The van der Waals surface area contributed by atoms with Crippen molar-refractivity contribution in [2.75, 3.05) is 25.8 Å². The van der Waals surface area contributed by atoms with E-state index in [2.05, 4.69) is 15.3 Å². The Balaban J connectivity index is 2.97. The van der Waals surface area contributed by atoms with Gasteiger partial charge in [-0.15, -0.1) is 0 Å². The summed E-state index contributed by atoms with van der Waals surface area (Å²) in [6.07, 6.45) is 0.699. The molecule has 1 aromatic rings. The van der Waals surface area contributed by atoms with Gasteiger partial charge in [0.05, 0.1) is 13.3 Å². The first-order chi connectivity index (χ1) is 9.03. The summed E-state index contributed by atoms with van der Waals surface area (Å²) < 4.78 is 22.1. The van der Waals surface area contributed by atoms with Gasteiger partial charge in [-0.1, -0.05) is 0 Å². The van der Waals surface area contributed by atoms with Gasteiger partial charge in [-0.3, -0.25) is 5.32 Å². The van der Waals surface area contributed by atoms with E-state index < -0.39 is 18.8 Å². The van der Waals surface area contributed by atoms with Gasteiger partial charge in [-0.05, 0) is 34.1 Å². The average Bonchev–Trinajstić information content (AvgIpc) is 2.25. The van der Waals surface area contributed by atoms with Crippen LogP contribution in [-0.4, -0.2) is 42.1 Å². The first-order valence-electron chi connectivity index (χ1n) is 5.99. The number of carbonyl (C=O) groups is 1. The number of amides is 1. The van der Waals surface area contributed by atoms with Gasteiger partial charge in [-0.25, -0.2) is 14.8 Å². The number of carbonyl (C=O) groups excluding carboxylic acids is 1. The Bertz CT molecular complexity index is 548. The van der Waals surface area contributed by atoms with E-state index in [1.807, 2.05) is 0 Å². The van der Waals surface area contributed by atoms with Crippen molar-refractivity contribution in [2.24, 2.45) is 0 Å². The van der Waals surface area contributed by atoms with Crippen molar-refractivity contribution in [1.82, 2.24) is 9.97 Å². The summed E-state index contributed by atoms with van der Waals surface area (Å²) in [6, 6.07) is 0. The van der Waals surface area contributed by atoms with E-state index >= 15 is 0 Å². The van der Waals surface area contributed by atoms with Gasteiger partial charge in [-0.2, -0.15) is 0 Å². The minimum atomic E-state index is -2.54. The number of nitrogens with zero attached hydrogens (tertiary/aromatic N) is 2. The van der Waals surface area contributed by atoms with Gasteiger partial charge < -0.3 is 14.0 Å². The maximum Gasteiger partial charge on any atom is 0.413 e. The zero-order chi connectivity index (χ0) is 15.6. The van der Waals surface area contributed by atoms with Crippen LogP contribution in [0.15, 0.2) is 6.20 Å². The highest BCUT2D eigenvalue weighted by Gasteiger charge is 2.21. The van der Waals surface area contributed by atoms with Gasteiger partial charge in [0.2, 0.25) is 0 Å². The highest BCUT2D eigenvalue weighted by molar-refractivity contribution is 7.69. The third-order valence-corrected chi connectivity index (χ3v) is 3.41.